The summed E-state index contributed by atoms with van der Waals surface area (Å²) in [6.45, 7) is 2.57. The van der Waals surface area contributed by atoms with Crippen molar-refractivity contribution in [2.45, 2.75) is 36.6 Å². The van der Waals surface area contributed by atoms with Gasteiger partial charge in [0.05, 0.1) is 5.69 Å². The molecular formula is C12H15N3O2S3. The average Bonchev–Trinajstić information content (AvgIpc) is 2.93. The Hall–Kier alpha value is -0.960. The number of nitrogens with one attached hydrogen (secondary N) is 2. The molecule has 20 heavy (non-hydrogen) atoms. The van der Waals surface area contributed by atoms with Crippen LogP contribution in [-0.4, -0.2) is 19.4 Å². The van der Waals surface area contributed by atoms with Gasteiger partial charge >= 0.3 is 0 Å². The topological polar surface area (TPSA) is 71.1 Å². The molecule has 2 N–H and O–H groups in total. The smallest absolute Gasteiger partial charge is 0.273 e. The van der Waals surface area contributed by atoms with E-state index in [2.05, 4.69) is 15.0 Å². The largest absolute Gasteiger partial charge is 0.309 e. The molecule has 0 saturated heterocycles. The first-order valence-corrected chi connectivity index (χ1v) is 9.48. The lowest BCUT2D eigenvalue weighted by molar-refractivity contribution is 0.603. The second-order valence-corrected chi connectivity index (χ2v) is 8.71. The predicted molar refractivity (Wildman–Crippen MR) is 81.8 cm³/mol. The quantitative estimate of drug-likeness (QED) is 0.854. The summed E-state index contributed by atoms with van der Waals surface area (Å²) in [6, 6.07) is 4.13. The molecule has 8 heteroatoms. The number of nitrogens with zero attached hydrogens (tertiary/aromatic N) is 1. The van der Waals surface area contributed by atoms with E-state index in [0.29, 0.717) is 15.4 Å². The van der Waals surface area contributed by atoms with Gasteiger partial charge in [-0.1, -0.05) is 0 Å². The Morgan fingerprint density at radius 2 is 2.20 bits per heavy atom. The third-order valence-corrected chi connectivity index (χ3v) is 6.81. The standard InChI is InChI=1S/C12H15N3O2S3/c1-8-7-18-12(14-8)15-20(16,17)11-5-4-10(19-11)6-13-9-2-3-9/h4-5,7,9,13H,2-3,6H2,1H3,(H,14,15). The molecule has 108 valence electrons. The zero-order valence-corrected chi connectivity index (χ0v) is 13.4. The molecule has 0 radical (unpaired) electrons. The van der Waals surface area contributed by atoms with Crippen LogP contribution < -0.4 is 10.0 Å². The minimum atomic E-state index is -3.51. The van der Waals surface area contributed by atoms with Crippen LogP contribution in [0.1, 0.15) is 23.4 Å². The van der Waals surface area contributed by atoms with Crippen LogP contribution in [-0.2, 0) is 16.6 Å². The fourth-order valence-corrected chi connectivity index (χ4v) is 4.94. The van der Waals surface area contributed by atoms with Gasteiger partial charge in [-0.3, -0.25) is 4.72 Å². The van der Waals surface area contributed by atoms with Gasteiger partial charge < -0.3 is 5.32 Å². The second kappa shape index (κ2) is 5.44. The van der Waals surface area contributed by atoms with E-state index in [1.165, 1.54) is 35.5 Å². The molecular weight excluding hydrogens is 314 g/mol. The Kier molecular flexibility index (Phi) is 3.80. The first-order valence-electron chi connectivity index (χ1n) is 6.30. The van der Waals surface area contributed by atoms with E-state index < -0.39 is 10.0 Å². The molecule has 0 spiro atoms. The summed E-state index contributed by atoms with van der Waals surface area (Å²) in [7, 11) is -3.51. The molecule has 0 amide bonds. The first kappa shape index (κ1) is 14.0. The fourth-order valence-electron chi connectivity index (χ4n) is 1.70. The van der Waals surface area contributed by atoms with Crippen molar-refractivity contribution in [1.82, 2.24) is 10.3 Å². The van der Waals surface area contributed by atoms with E-state index in [1.807, 2.05) is 18.4 Å². The normalized spacial score (nSPS) is 15.4. The van der Waals surface area contributed by atoms with Crippen molar-refractivity contribution in [2.24, 2.45) is 0 Å². The zero-order valence-electron chi connectivity index (χ0n) is 10.9. The number of rotatable bonds is 6. The Balaban J connectivity index is 1.69. The number of hydrogen-bond donors (Lipinski definition) is 2. The van der Waals surface area contributed by atoms with E-state index in [1.54, 1.807) is 6.07 Å². The van der Waals surface area contributed by atoms with E-state index in [0.717, 1.165) is 17.1 Å². The number of aryl methyl sites for hydroxylation is 1. The van der Waals surface area contributed by atoms with Gasteiger partial charge in [-0.25, -0.2) is 13.4 Å². The van der Waals surface area contributed by atoms with Gasteiger partial charge in [-0.15, -0.1) is 22.7 Å². The van der Waals surface area contributed by atoms with Crippen LogP contribution in [0.5, 0.6) is 0 Å². The van der Waals surface area contributed by atoms with Gasteiger partial charge in [0.2, 0.25) is 0 Å². The third kappa shape index (κ3) is 3.38. The lowest BCUT2D eigenvalue weighted by Gasteiger charge is -2.02. The molecule has 5 nitrogen and oxygen atoms in total. The maximum atomic E-state index is 12.2. The van der Waals surface area contributed by atoms with Crippen LogP contribution in [0.3, 0.4) is 0 Å². The van der Waals surface area contributed by atoms with Crippen LogP contribution in [0.4, 0.5) is 5.13 Å². The highest BCUT2D eigenvalue weighted by Crippen LogP contribution is 2.26. The maximum Gasteiger partial charge on any atom is 0.273 e. The summed E-state index contributed by atoms with van der Waals surface area (Å²) in [5, 5.41) is 5.60. The Morgan fingerprint density at radius 3 is 2.85 bits per heavy atom. The molecule has 1 saturated carbocycles. The van der Waals surface area contributed by atoms with Crippen LogP contribution in [0.15, 0.2) is 21.7 Å². The summed E-state index contributed by atoms with van der Waals surface area (Å²) in [4.78, 5) is 5.15. The van der Waals surface area contributed by atoms with Crippen molar-refractivity contribution in [1.29, 1.82) is 0 Å². The highest BCUT2D eigenvalue weighted by molar-refractivity contribution is 7.94. The van der Waals surface area contributed by atoms with Gasteiger partial charge in [0.1, 0.15) is 4.21 Å². The van der Waals surface area contributed by atoms with Gasteiger partial charge in [0.25, 0.3) is 10.0 Å². The molecule has 0 aliphatic heterocycles. The predicted octanol–water partition coefficient (Wildman–Crippen LogP) is 2.57. The molecule has 2 aromatic rings. The monoisotopic (exact) mass is 329 g/mol. The van der Waals surface area contributed by atoms with Crippen molar-refractivity contribution >= 4 is 37.8 Å². The summed E-state index contributed by atoms with van der Waals surface area (Å²) in [5.74, 6) is 0. The summed E-state index contributed by atoms with van der Waals surface area (Å²) >= 11 is 2.59. The number of thiophene rings is 1. The molecule has 1 aliphatic carbocycles. The molecule has 2 heterocycles. The number of hydrogen-bond acceptors (Lipinski definition) is 6. The molecule has 3 rings (SSSR count). The summed E-state index contributed by atoms with van der Waals surface area (Å²) in [6.07, 6.45) is 2.45. The van der Waals surface area contributed by atoms with Crippen LogP contribution in [0, 0.1) is 6.92 Å². The molecule has 0 bridgehead atoms. The highest BCUT2D eigenvalue weighted by atomic mass is 32.2. The lowest BCUT2D eigenvalue weighted by Crippen LogP contribution is -2.14. The maximum absolute atomic E-state index is 12.2. The first-order chi connectivity index (χ1) is 9.53. The van der Waals surface area contributed by atoms with Gasteiger partial charge in [0, 0.05) is 22.8 Å². The van der Waals surface area contributed by atoms with Gasteiger partial charge in [-0.05, 0) is 31.9 Å². The molecule has 2 aromatic heterocycles. The number of aromatic nitrogens is 1. The van der Waals surface area contributed by atoms with E-state index >= 15 is 0 Å². The minimum Gasteiger partial charge on any atom is -0.309 e. The second-order valence-electron chi connectivity index (χ2n) is 4.78. The Bertz CT molecular complexity index is 701. The highest BCUT2D eigenvalue weighted by Gasteiger charge is 2.22. The zero-order chi connectivity index (χ0) is 14.2. The van der Waals surface area contributed by atoms with E-state index in [4.69, 9.17) is 0 Å². The third-order valence-electron chi connectivity index (χ3n) is 2.88. The van der Waals surface area contributed by atoms with Crippen molar-refractivity contribution < 1.29 is 8.42 Å². The van der Waals surface area contributed by atoms with Crippen molar-refractivity contribution in [3.05, 3.63) is 28.1 Å². The Labute approximate surface area is 126 Å². The fraction of sp³-hybridized carbons (Fsp3) is 0.417. The average molecular weight is 329 g/mol. The number of thiazole rings is 1. The van der Waals surface area contributed by atoms with Crippen LogP contribution >= 0.6 is 22.7 Å². The molecule has 1 fully saturated rings. The lowest BCUT2D eigenvalue weighted by atomic mass is 10.4. The molecule has 0 aromatic carbocycles. The van der Waals surface area contributed by atoms with E-state index in [-0.39, 0.29) is 0 Å². The van der Waals surface area contributed by atoms with E-state index in [9.17, 15) is 8.42 Å². The number of sulfonamides is 1. The van der Waals surface area contributed by atoms with Gasteiger partial charge in [-0.2, -0.15) is 0 Å². The van der Waals surface area contributed by atoms with Crippen molar-refractivity contribution in [3.63, 3.8) is 0 Å². The van der Waals surface area contributed by atoms with Gasteiger partial charge in [0.15, 0.2) is 5.13 Å². The minimum absolute atomic E-state index is 0.331. The van der Waals surface area contributed by atoms with Crippen LogP contribution in [0.25, 0.3) is 0 Å². The van der Waals surface area contributed by atoms with Crippen molar-refractivity contribution in [2.75, 3.05) is 4.72 Å². The summed E-state index contributed by atoms with van der Waals surface area (Å²) in [5.41, 5.74) is 0.813. The molecule has 0 unspecified atom stereocenters. The molecule has 0 atom stereocenters. The number of anilines is 1. The SMILES string of the molecule is Cc1csc(NS(=O)(=O)c2ccc(CNC3CC3)s2)n1. The summed E-state index contributed by atoms with van der Waals surface area (Å²) < 4.78 is 27.3. The Morgan fingerprint density at radius 1 is 1.40 bits per heavy atom. The molecule has 1 aliphatic rings. The van der Waals surface area contributed by atoms with Crippen LogP contribution in [0.2, 0.25) is 0 Å². The van der Waals surface area contributed by atoms with Crippen molar-refractivity contribution in [3.8, 4) is 0 Å².